The zero-order valence-electron chi connectivity index (χ0n) is 31.3. The molecule has 0 aromatic carbocycles. The van der Waals surface area contributed by atoms with E-state index in [4.69, 9.17) is 36.1 Å². The van der Waals surface area contributed by atoms with Crippen molar-refractivity contribution in [2.45, 2.75) is 149 Å². The molecule has 286 valence electrons. The SMILES string of the molecule is CCCCCCOC(=O)CC[C@@H](C)C1CCC2C3C(C[C@H](OC(=O)CCN)C21C)C1(C)CC[C@@H](OC(=O)CCN)CC1C[C@H]3OC(=O)CCN. The number of nitrogens with two attached hydrogens (primary N) is 3. The van der Waals surface area contributed by atoms with E-state index in [9.17, 15) is 19.2 Å². The Kier molecular flexibility index (Phi) is 15.0. The first kappa shape index (κ1) is 40.5. The Morgan fingerprint density at radius 2 is 1.40 bits per heavy atom. The predicted octanol–water partition coefficient (Wildman–Crippen LogP) is 5.19. The van der Waals surface area contributed by atoms with Crippen molar-refractivity contribution >= 4 is 23.9 Å². The van der Waals surface area contributed by atoms with Crippen molar-refractivity contribution in [3.63, 3.8) is 0 Å². The van der Waals surface area contributed by atoms with Crippen molar-refractivity contribution in [2.24, 2.45) is 63.5 Å². The molecule has 11 heteroatoms. The molecular formula is C39H67N3O8. The molecule has 0 aliphatic heterocycles. The summed E-state index contributed by atoms with van der Waals surface area (Å²) in [4.78, 5) is 51.4. The van der Waals surface area contributed by atoms with Crippen LogP contribution in [0.4, 0.5) is 0 Å². The van der Waals surface area contributed by atoms with Crippen molar-refractivity contribution in [2.75, 3.05) is 26.2 Å². The van der Waals surface area contributed by atoms with Crippen LogP contribution in [0, 0.1) is 46.3 Å². The Labute approximate surface area is 300 Å². The van der Waals surface area contributed by atoms with Crippen molar-refractivity contribution in [3.05, 3.63) is 0 Å². The number of fused-ring (bicyclic) bond motifs is 5. The lowest BCUT2D eigenvalue weighted by Gasteiger charge is -2.64. The second-order valence-corrected chi connectivity index (χ2v) is 16.3. The molecule has 0 aromatic rings. The Morgan fingerprint density at radius 3 is 2.06 bits per heavy atom. The number of carbonyl (C=O) groups is 4. The van der Waals surface area contributed by atoms with Crippen LogP contribution in [0.5, 0.6) is 0 Å². The molecule has 50 heavy (non-hydrogen) atoms. The van der Waals surface area contributed by atoms with Crippen molar-refractivity contribution in [3.8, 4) is 0 Å². The van der Waals surface area contributed by atoms with Crippen LogP contribution in [0.15, 0.2) is 0 Å². The van der Waals surface area contributed by atoms with Gasteiger partial charge in [0.05, 0.1) is 25.9 Å². The van der Waals surface area contributed by atoms with E-state index in [1.807, 2.05) is 0 Å². The Bertz CT molecular complexity index is 1150. The lowest BCUT2D eigenvalue weighted by atomic mass is 9.43. The quantitative estimate of drug-likeness (QED) is 0.0970. The fraction of sp³-hybridized carbons (Fsp3) is 0.897. The van der Waals surface area contributed by atoms with Gasteiger partial charge in [-0.25, -0.2) is 0 Å². The van der Waals surface area contributed by atoms with Crippen molar-refractivity contribution in [1.82, 2.24) is 0 Å². The molecule has 0 bridgehead atoms. The highest BCUT2D eigenvalue weighted by molar-refractivity contribution is 5.71. The van der Waals surface area contributed by atoms with E-state index in [0.29, 0.717) is 38.7 Å². The van der Waals surface area contributed by atoms with E-state index in [2.05, 4.69) is 27.7 Å². The van der Waals surface area contributed by atoms with E-state index in [-0.39, 0.29) is 127 Å². The highest BCUT2D eigenvalue weighted by Crippen LogP contribution is 2.69. The lowest BCUT2D eigenvalue weighted by molar-refractivity contribution is -0.225. The maximum absolute atomic E-state index is 13.2. The van der Waals surface area contributed by atoms with E-state index < -0.39 is 0 Å². The summed E-state index contributed by atoms with van der Waals surface area (Å²) in [6.45, 7) is 10.2. The Balaban J connectivity index is 1.61. The smallest absolute Gasteiger partial charge is 0.307 e. The summed E-state index contributed by atoms with van der Waals surface area (Å²) in [6, 6.07) is 0. The number of esters is 4. The maximum atomic E-state index is 13.2. The minimum absolute atomic E-state index is 0.0917. The number of rotatable bonds is 18. The van der Waals surface area contributed by atoms with Gasteiger partial charge in [0.1, 0.15) is 18.3 Å². The summed E-state index contributed by atoms with van der Waals surface area (Å²) in [7, 11) is 0. The minimum atomic E-state index is -0.369. The van der Waals surface area contributed by atoms with Gasteiger partial charge < -0.3 is 36.1 Å². The van der Waals surface area contributed by atoms with Gasteiger partial charge in [0.25, 0.3) is 0 Å². The van der Waals surface area contributed by atoms with Gasteiger partial charge in [0.2, 0.25) is 0 Å². The third-order valence-corrected chi connectivity index (χ3v) is 13.4. The standard InChI is InChI=1S/C39H67N3O8/c1-5-6-7-8-21-47-33(43)12-9-25(2)28-10-11-29-37-30(24-32(39(28,29)4)50-36(46)16-20-42)38(3)17-13-27(48-34(44)14-18-40)22-26(38)23-31(37)49-35(45)15-19-41/h25-32,37H,5-24,40-42H2,1-4H3/t25-,26?,27-,28?,29?,30?,31-,32+,37?,38?,39?/m1/s1. The normalized spacial score (nSPS) is 35.2. The van der Waals surface area contributed by atoms with Crippen LogP contribution in [0.25, 0.3) is 0 Å². The summed E-state index contributed by atoms with van der Waals surface area (Å²) in [6.07, 6.45) is 10.6. The van der Waals surface area contributed by atoms with Gasteiger partial charge in [0.15, 0.2) is 0 Å². The summed E-state index contributed by atoms with van der Waals surface area (Å²) >= 11 is 0. The topological polar surface area (TPSA) is 183 Å². The number of hydrogen-bond donors (Lipinski definition) is 3. The van der Waals surface area contributed by atoms with Crippen LogP contribution in [-0.4, -0.2) is 68.4 Å². The number of carbonyl (C=O) groups excluding carboxylic acids is 4. The average Bonchev–Trinajstić information content (AvgIpc) is 3.43. The molecule has 0 heterocycles. The zero-order valence-corrected chi connectivity index (χ0v) is 31.3. The van der Waals surface area contributed by atoms with Crippen LogP contribution in [0.3, 0.4) is 0 Å². The summed E-state index contributed by atoms with van der Waals surface area (Å²) in [5, 5.41) is 0. The zero-order chi connectivity index (χ0) is 36.5. The largest absolute Gasteiger partial charge is 0.466 e. The second-order valence-electron chi connectivity index (χ2n) is 16.3. The van der Waals surface area contributed by atoms with E-state index in [0.717, 1.165) is 51.4 Å². The second kappa shape index (κ2) is 18.5. The van der Waals surface area contributed by atoms with Gasteiger partial charge in [0, 0.05) is 37.4 Å². The summed E-state index contributed by atoms with van der Waals surface area (Å²) < 4.78 is 24.2. The van der Waals surface area contributed by atoms with Gasteiger partial charge in [-0.05, 0) is 92.8 Å². The highest BCUT2D eigenvalue weighted by atomic mass is 16.6. The van der Waals surface area contributed by atoms with Crippen LogP contribution in [0.2, 0.25) is 0 Å². The van der Waals surface area contributed by atoms with E-state index in [1.54, 1.807) is 0 Å². The molecule has 0 amide bonds. The van der Waals surface area contributed by atoms with Crippen LogP contribution < -0.4 is 17.2 Å². The first-order chi connectivity index (χ1) is 23.9. The molecular weight excluding hydrogens is 638 g/mol. The Hall–Kier alpha value is -2.24. The van der Waals surface area contributed by atoms with Crippen molar-refractivity contribution in [1.29, 1.82) is 0 Å². The molecule has 4 rings (SSSR count). The molecule has 4 saturated carbocycles. The first-order valence-corrected chi connectivity index (χ1v) is 19.8. The predicted molar refractivity (Wildman–Crippen MR) is 190 cm³/mol. The highest BCUT2D eigenvalue weighted by Gasteiger charge is 2.67. The molecule has 0 saturated heterocycles. The van der Waals surface area contributed by atoms with E-state index >= 15 is 0 Å². The molecule has 11 nitrogen and oxygen atoms in total. The first-order valence-electron chi connectivity index (χ1n) is 19.8. The monoisotopic (exact) mass is 705 g/mol. The molecule has 4 fully saturated rings. The van der Waals surface area contributed by atoms with Gasteiger partial charge in [-0.1, -0.05) is 47.0 Å². The molecule has 7 unspecified atom stereocenters. The Morgan fingerprint density at radius 1 is 0.740 bits per heavy atom. The van der Waals surface area contributed by atoms with Crippen LogP contribution in [0.1, 0.15) is 130 Å². The molecule has 0 radical (unpaired) electrons. The van der Waals surface area contributed by atoms with E-state index in [1.165, 1.54) is 0 Å². The fourth-order valence-corrected chi connectivity index (χ4v) is 10.8. The molecule has 6 N–H and O–H groups in total. The number of hydrogen-bond acceptors (Lipinski definition) is 11. The lowest BCUT2D eigenvalue weighted by Crippen LogP contribution is -2.63. The van der Waals surface area contributed by atoms with Crippen molar-refractivity contribution < 1.29 is 38.1 Å². The van der Waals surface area contributed by atoms with Gasteiger partial charge >= 0.3 is 23.9 Å². The van der Waals surface area contributed by atoms with Crippen LogP contribution >= 0.6 is 0 Å². The fourth-order valence-electron chi connectivity index (χ4n) is 10.8. The molecule has 4 aliphatic rings. The maximum Gasteiger partial charge on any atom is 0.307 e. The third-order valence-electron chi connectivity index (χ3n) is 13.4. The molecule has 11 atom stereocenters. The van der Waals surface area contributed by atoms with Gasteiger partial charge in [-0.2, -0.15) is 0 Å². The molecule has 0 aromatic heterocycles. The molecule has 0 spiro atoms. The summed E-state index contributed by atoms with van der Waals surface area (Å²) in [5.74, 6) is -0.00890. The average molecular weight is 706 g/mol. The van der Waals surface area contributed by atoms with Gasteiger partial charge in [-0.15, -0.1) is 0 Å². The third kappa shape index (κ3) is 9.21. The van der Waals surface area contributed by atoms with Crippen LogP contribution in [-0.2, 0) is 38.1 Å². The number of ether oxygens (including phenoxy) is 4. The van der Waals surface area contributed by atoms with Gasteiger partial charge in [-0.3, -0.25) is 19.2 Å². The summed E-state index contributed by atoms with van der Waals surface area (Å²) in [5.41, 5.74) is 16.7. The molecule has 4 aliphatic carbocycles. The number of unbranched alkanes of at least 4 members (excludes halogenated alkanes) is 3. The minimum Gasteiger partial charge on any atom is -0.466 e.